The molecule has 0 amide bonds. The molecular formula is C10H10BrFO. The van der Waals surface area contributed by atoms with Crippen molar-refractivity contribution in [1.29, 1.82) is 0 Å². The highest BCUT2D eigenvalue weighted by molar-refractivity contribution is 9.10. The van der Waals surface area contributed by atoms with E-state index in [1.807, 2.05) is 0 Å². The van der Waals surface area contributed by atoms with Crippen LogP contribution in [-0.2, 0) is 0 Å². The van der Waals surface area contributed by atoms with Crippen LogP contribution in [-0.4, -0.2) is 6.61 Å². The minimum atomic E-state index is -0.257. The fourth-order valence-electron chi connectivity index (χ4n) is 1.57. The summed E-state index contributed by atoms with van der Waals surface area (Å²) < 4.78 is 19.0. The first-order valence-electron chi connectivity index (χ1n) is 4.31. The van der Waals surface area contributed by atoms with Crippen LogP contribution in [0.5, 0.6) is 5.75 Å². The van der Waals surface area contributed by atoms with Crippen LogP contribution in [0.4, 0.5) is 4.39 Å². The van der Waals surface area contributed by atoms with Gasteiger partial charge in [-0.2, -0.15) is 0 Å². The van der Waals surface area contributed by atoms with Gasteiger partial charge in [0.05, 0.1) is 11.1 Å². The van der Waals surface area contributed by atoms with Gasteiger partial charge in [-0.3, -0.25) is 0 Å². The first-order chi connectivity index (χ1) is 6.20. The van der Waals surface area contributed by atoms with Gasteiger partial charge >= 0.3 is 0 Å². The minimum Gasteiger partial charge on any atom is -0.492 e. The third-order valence-electron chi connectivity index (χ3n) is 2.41. The molecule has 0 N–H and O–H groups in total. The van der Waals surface area contributed by atoms with E-state index in [1.54, 1.807) is 6.07 Å². The third-order valence-corrected chi connectivity index (χ3v) is 3.15. The summed E-state index contributed by atoms with van der Waals surface area (Å²) in [5.74, 6) is 0.882. The van der Waals surface area contributed by atoms with E-state index in [0.29, 0.717) is 22.7 Å². The SMILES string of the molecule is CC1CCOc2c1ccc(F)c2Br. The molecule has 1 heterocycles. The van der Waals surface area contributed by atoms with Gasteiger partial charge in [0.25, 0.3) is 0 Å². The number of hydrogen-bond acceptors (Lipinski definition) is 1. The Hall–Kier alpha value is -0.570. The molecule has 1 unspecified atom stereocenters. The van der Waals surface area contributed by atoms with E-state index in [2.05, 4.69) is 22.9 Å². The predicted molar refractivity (Wildman–Crippen MR) is 52.6 cm³/mol. The summed E-state index contributed by atoms with van der Waals surface area (Å²) in [7, 11) is 0. The molecule has 2 rings (SSSR count). The number of benzene rings is 1. The summed E-state index contributed by atoms with van der Waals surface area (Å²) in [6.07, 6.45) is 1.01. The Kier molecular flexibility index (Phi) is 2.28. The van der Waals surface area contributed by atoms with Gasteiger partial charge in [0.15, 0.2) is 0 Å². The lowest BCUT2D eigenvalue weighted by Crippen LogP contribution is -2.12. The largest absolute Gasteiger partial charge is 0.492 e. The van der Waals surface area contributed by atoms with Gasteiger partial charge in [-0.1, -0.05) is 13.0 Å². The fraction of sp³-hybridized carbons (Fsp3) is 0.400. The molecule has 1 aromatic carbocycles. The van der Waals surface area contributed by atoms with E-state index in [9.17, 15) is 4.39 Å². The first kappa shape index (κ1) is 9.00. The predicted octanol–water partition coefficient (Wildman–Crippen LogP) is 3.47. The van der Waals surface area contributed by atoms with E-state index in [1.165, 1.54) is 6.07 Å². The van der Waals surface area contributed by atoms with Crippen LogP contribution in [0.25, 0.3) is 0 Å². The molecule has 0 spiro atoms. The second kappa shape index (κ2) is 3.29. The van der Waals surface area contributed by atoms with Crippen molar-refractivity contribution in [3.63, 3.8) is 0 Å². The molecule has 1 atom stereocenters. The summed E-state index contributed by atoms with van der Waals surface area (Å²) in [5.41, 5.74) is 1.10. The molecule has 1 aliphatic heterocycles. The molecule has 0 aliphatic carbocycles. The Morgan fingerprint density at radius 1 is 1.54 bits per heavy atom. The Balaban J connectivity index is 2.56. The van der Waals surface area contributed by atoms with Gasteiger partial charge in [0, 0.05) is 0 Å². The maximum absolute atomic E-state index is 13.1. The van der Waals surface area contributed by atoms with Gasteiger partial charge < -0.3 is 4.74 Å². The van der Waals surface area contributed by atoms with Crippen molar-refractivity contribution >= 4 is 15.9 Å². The first-order valence-corrected chi connectivity index (χ1v) is 5.10. The van der Waals surface area contributed by atoms with Gasteiger partial charge in [0.2, 0.25) is 0 Å². The second-order valence-corrected chi connectivity index (χ2v) is 4.11. The van der Waals surface area contributed by atoms with E-state index < -0.39 is 0 Å². The molecule has 3 heteroatoms. The average molecular weight is 245 g/mol. The zero-order valence-electron chi connectivity index (χ0n) is 7.31. The normalized spacial score (nSPS) is 20.7. The van der Waals surface area contributed by atoms with Crippen LogP contribution in [0.3, 0.4) is 0 Å². The lowest BCUT2D eigenvalue weighted by Gasteiger charge is -2.23. The van der Waals surface area contributed by atoms with Crippen LogP contribution in [0.2, 0.25) is 0 Å². The average Bonchev–Trinajstić information content (AvgIpc) is 2.12. The van der Waals surface area contributed by atoms with Crippen LogP contribution in [0.1, 0.15) is 24.8 Å². The highest BCUT2D eigenvalue weighted by atomic mass is 79.9. The number of halogens is 2. The van der Waals surface area contributed by atoms with Gasteiger partial charge in [-0.05, 0) is 39.9 Å². The smallest absolute Gasteiger partial charge is 0.141 e. The topological polar surface area (TPSA) is 9.23 Å². The molecule has 0 bridgehead atoms. The number of fused-ring (bicyclic) bond motifs is 1. The Morgan fingerprint density at radius 2 is 2.31 bits per heavy atom. The molecule has 1 aromatic rings. The lowest BCUT2D eigenvalue weighted by atomic mass is 9.95. The maximum Gasteiger partial charge on any atom is 0.141 e. The van der Waals surface area contributed by atoms with Crippen molar-refractivity contribution in [2.24, 2.45) is 0 Å². The Labute approximate surface area is 85.0 Å². The molecular weight excluding hydrogens is 235 g/mol. The van der Waals surface area contributed by atoms with E-state index >= 15 is 0 Å². The zero-order valence-corrected chi connectivity index (χ0v) is 8.90. The van der Waals surface area contributed by atoms with Crippen molar-refractivity contribution in [2.45, 2.75) is 19.3 Å². The highest BCUT2D eigenvalue weighted by Crippen LogP contribution is 2.39. The van der Waals surface area contributed by atoms with E-state index in [0.717, 1.165) is 12.0 Å². The molecule has 70 valence electrons. The molecule has 0 saturated heterocycles. The molecule has 13 heavy (non-hydrogen) atoms. The van der Waals surface area contributed by atoms with Crippen LogP contribution >= 0.6 is 15.9 Å². The van der Waals surface area contributed by atoms with Crippen LogP contribution < -0.4 is 4.74 Å². The van der Waals surface area contributed by atoms with Crippen LogP contribution in [0.15, 0.2) is 16.6 Å². The number of rotatable bonds is 0. The molecule has 0 aromatic heterocycles. The minimum absolute atomic E-state index is 0.257. The quantitative estimate of drug-likeness (QED) is 0.679. The molecule has 0 fully saturated rings. The Morgan fingerprint density at radius 3 is 3.08 bits per heavy atom. The maximum atomic E-state index is 13.1. The molecule has 1 nitrogen and oxygen atoms in total. The summed E-state index contributed by atoms with van der Waals surface area (Å²) in [6.45, 7) is 2.81. The zero-order chi connectivity index (χ0) is 9.42. The lowest BCUT2D eigenvalue weighted by molar-refractivity contribution is 0.268. The summed E-state index contributed by atoms with van der Waals surface area (Å²) >= 11 is 3.19. The fourth-order valence-corrected chi connectivity index (χ4v) is 2.05. The van der Waals surface area contributed by atoms with E-state index in [4.69, 9.17) is 4.74 Å². The van der Waals surface area contributed by atoms with Crippen molar-refractivity contribution in [1.82, 2.24) is 0 Å². The summed E-state index contributed by atoms with van der Waals surface area (Å²) in [6, 6.07) is 3.29. The molecule has 0 radical (unpaired) electrons. The van der Waals surface area contributed by atoms with Gasteiger partial charge in [0.1, 0.15) is 11.6 Å². The standard InChI is InChI=1S/C10H10BrFO/c1-6-4-5-13-10-7(6)2-3-8(12)9(10)11/h2-3,6H,4-5H2,1H3. The molecule has 1 aliphatic rings. The number of hydrogen-bond donors (Lipinski definition) is 0. The van der Waals surface area contributed by atoms with Crippen molar-refractivity contribution in [3.8, 4) is 5.75 Å². The van der Waals surface area contributed by atoms with Crippen molar-refractivity contribution in [3.05, 3.63) is 28.0 Å². The van der Waals surface area contributed by atoms with Crippen molar-refractivity contribution < 1.29 is 9.13 Å². The molecule has 0 saturated carbocycles. The highest BCUT2D eigenvalue weighted by Gasteiger charge is 2.21. The van der Waals surface area contributed by atoms with Crippen LogP contribution in [0, 0.1) is 5.82 Å². The van der Waals surface area contributed by atoms with Crippen molar-refractivity contribution in [2.75, 3.05) is 6.61 Å². The Bertz CT molecular complexity index is 338. The monoisotopic (exact) mass is 244 g/mol. The number of ether oxygens (including phenoxy) is 1. The van der Waals surface area contributed by atoms with Gasteiger partial charge in [-0.15, -0.1) is 0 Å². The second-order valence-electron chi connectivity index (χ2n) is 3.32. The summed E-state index contributed by atoms with van der Waals surface area (Å²) in [4.78, 5) is 0. The third kappa shape index (κ3) is 1.46. The van der Waals surface area contributed by atoms with Gasteiger partial charge in [-0.25, -0.2) is 4.39 Å². The summed E-state index contributed by atoms with van der Waals surface area (Å²) in [5, 5.41) is 0. The van der Waals surface area contributed by atoms with E-state index in [-0.39, 0.29) is 5.82 Å².